The number of carbonyl (C=O) groups is 2. The molecular formula is C21H25N3O2. The van der Waals surface area contributed by atoms with Crippen LogP contribution in [-0.2, 0) is 4.79 Å². The molecular weight excluding hydrogens is 326 g/mol. The normalized spacial score (nSPS) is 15.2. The lowest BCUT2D eigenvalue weighted by atomic mass is 9.96. The number of para-hydroxylation sites is 2. The Labute approximate surface area is 154 Å². The van der Waals surface area contributed by atoms with E-state index in [1.807, 2.05) is 54.6 Å². The average molecular weight is 351 g/mol. The van der Waals surface area contributed by atoms with Crippen molar-refractivity contribution in [3.63, 3.8) is 0 Å². The smallest absolute Gasteiger partial charge is 0.319 e. The highest BCUT2D eigenvalue weighted by molar-refractivity contribution is 6.01. The third kappa shape index (κ3) is 4.04. The first-order valence-electron chi connectivity index (χ1n) is 9.08. The Bertz CT molecular complexity index is 774. The van der Waals surface area contributed by atoms with Crippen LogP contribution in [0.4, 0.5) is 16.2 Å². The number of hydrogen-bond donors (Lipinski definition) is 2. The molecule has 0 saturated carbocycles. The summed E-state index contributed by atoms with van der Waals surface area (Å²) in [7, 11) is 0. The second-order valence-electron chi connectivity index (χ2n) is 6.90. The van der Waals surface area contributed by atoms with Gasteiger partial charge in [0.2, 0.25) is 5.91 Å². The van der Waals surface area contributed by atoms with Crippen LogP contribution in [0.1, 0.15) is 38.3 Å². The number of hydrogen-bond acceptors (Lipinski definition) is 2. The lowest BCUT2D eigenvalue weighted by Crippen LogP contribution is -2.35. The summed E-state index contributed by atoms with van der Waals surface area (Å²) >= 11 is 0. The van der Waals surface area contributed by atoms with E-state index in [-0.39, 0.29) is 23.9 Å². The van der Waals surface area contributed by atoms with Crippen molar-refractivity contribution in [2.75, 3.05) is 16.8 Å². The number of nitrogens with zero attached hydrogens (tertiary/aromatic N) is 1. The molecule has 136 valence electrons. The number of anilines is 2. The molecule has 1 fully saturated rings. The summed E-state index contributed by atoms with van der Waals surface area (Å²) in [4.78, 5) is 26.4. The van der Waals surface area contributed by atoms with E-state index in [0.717, 1.165) is 17.7 Å². The van der Waals surface area contributed by atoms with E-state index in [1.54, 1.807) is 4.90 Å². The average Bonchev–Trinajstić information content (AvgIpc) is 3.06. The van der Waals surface area contributed by atoms with Crippen LogP contribution in [0.5, 0.6) is 0 Å². The summed E-state index contributed by atoms with van der Waals surface area (Å²) in [5, 5.41) is 5.98. The fraction of sp³-hybridized carbons (Fsp3) is 0.333. The molecule has 26 heavy (non-hydrogen) atoms. The molecule has 1 aliphatic rings. The van der Waals surface area contributed by atoms with Gasteiger partial charge in [0.1, 0.15) is 0 Å². The van der Waals surface area contributed by atoms with Crippen molar-refractivity contribution in [3.05, 3.63) is 60.2 Å². The highest BCUT2D eigenvalue weighted by Gasteiger charge is 2.25. The second kappa shape index (κ2) is 8.04. The largest absolute Gasteiger partial charge is 0.331 e. The van der Waals surface area contributed by atoms with E-state index in [1.165, 1.54) is 0 Å². The molecule has 0 bridgehead atoms. The van der Waals surface area contributed by atoms with Crippen LogP contribution in [0.25, 0.3) is 0 Å². The molecule has 0 spiro atoms. The van der Waals surface area contributed by atoms with Gasteiger partial charge >= 0.3 is 6.03 Å². The molecule has 5 heteroatoms. The highest BCUT2D eigenvalue weighted by Crippen LogP contribution is 2.29. The topological polar surface area (TPSA) is 61.4 Å². The van der Waals surface area contributed by atoms with Gasteiger partial charge < -0.3 is 15.5 Å². The van der Waals surface area contributed by atoms with Gasteiger partial charge in [0, 0.05) is 13.0 Å². The maximum atomic E-state index is 12.6. The second-order valence-corrected chi connectivity index (χ2v) is 6.90. The van der Waals surface area contributed by atoms with E-state index in [2.05, 4.69) is 24.5 Å². The lowest BCUT2D eigenvalue weighted by Gasteiger charge is -2.24. The standard InChI is InChI=1S/C21H25N3O2/c1-15(2)20(16-9-4-3-5-10-16)23-21(26)22-17-11-6-7-12-18(17)24-14-8-13-19(24)25/h3-7,9-12,15,20H,8,13-14H2,1-2H3,(H2,22,23,26)/t20-/m1/s1. The van der Waals surface area contributed by atoms with Crippen LogP contribution < -0.4 is 15.5 Å². The van der Waals surface area contributed by atoms with Gasteiger partial charge in [-0.2, -0.15) is 0 Å². The predicted molar refractivity (Wildman–Crippen MR) is 104 cm³/mol. The molecule has 0 radical (unpaired) electrons. The Hall–Kier alpha value is -2.82. The lowest BCUT2D eigenvalue weighted by molar-refractivity contribution is -0.117. The molecule has 2 N–H and O–H groups in total. The summed E-state index contributed by atoms with van der Waals surface area (Å²) in [5.74, 6) is 0.350. The molecule has 3 rings (SSSR count). The van der Waals surface area contributed by atoms with Gasteiger partial charge in [0.25, 0.3) is 0 Å². The Morgan fingerprint density at radius 3 is 2.38 bits per heavy atom. The number of carbonyl (C=O) groups excluding carboxylic acids is 2. The molecule has 1 atom stereocenters. The van der Waals surface area contributed by atoms with Gasteiger partial charge in [-0.1, -0.05) is 56.3 Å². The third-order valence-corrected chi connectivity index (χ3v) is 4.63. The molecule has 0 aliphatic carbocycles. The minimum Gasteiger partial charge on any atom is -0.331 e. The van der Waals surface area contributed by atoms with Gasteiger partial charge in [0.15, 0.2) is 0 Å². The van der Waals surface area contributed by atoms with Crippen molar-refractivity contribution in [2.45, 2.75) is 32.7 Å². The van der Waals surface area contributed by atoms with Gasteiger partial charge in [-0.15, -0.1) is 0 Å². The maximum Gasteiger partial charge on any atom is 0.319 e. The zero-order chi connectivity index (χ0) is 18.5. The van der Waals surface area contributed by atoms with Crippen molar-refractivity contribution in [2.24, 2.45) is 5.92 Å². The van der Waals surface area contributed by atoms with Crippen LogP contribution in [0.2, 0.25) is 0 Å². The molecule has 1 aliphatic heterocycles. The van der Waals surface area contributed by atoms with Gasteiger partial charge in [-0.05, 0) is 30.0 Å². The Balaban J connectivity index is 1.75. The maximum absolute atomic E-state index is 12.6. The summed E-state index contributed by atoms with van der Waals surface area (Å²) in [6, 6.07) is 17.0. The molecule has 1 saturated heterocycles. The summed E-state index contributed by atoms with van der Waals surface area (Å²) in [6.07, 6.45) is 1.41. The Morgan fingerprint density at radius 1 is 1.04 bits per heavy atom. The first kappa shape index (κ1) is 18.0. The van der Waals surface area contributed by atoms with Crippen molar-refractivity contribution in [3.8, 4) is 0 Å². The Morgan fingerprint density at radius 2 is 1.73 bits per heavy atom. The number of urea groups is 1. The van der Waals surface area contributed by atoms with E-state index >= 15 is 0 Å². The zero-order valence-electron chi connectivity index (χ0n) is 15.2. The zero-order valence-corrected chi connectivity index (χ0v) is 15.2. The predicted octanol–water partition coefficient (Wildman–Crippen LogP) is 4.33. The molecule has 3 amide bonds. The van der Waals surface area contributed by atoms with E-state index < -0.39 is 0 Å². The first-order valence-corrected chi connectivity index (χ1v) is 9.08. The molecule has 1 heterocycles. The molecule has 2 aromatic carbocycles. The minimum atomic E-state index is -0.272. The van der Waals surface area contributed by atoms with Crippen LogP contribution >= 0.6 is 0 Å². The number of nitrogens with one attached hydrogen (secondary N) is 2. The third-order valence-electron chi connectivity index (χ3n) is 4.63. The van der Waals surface area contributed by atoms with Crippen LogP contribution in [0.15, 0.2) is 54.6 Å². The first-order chi connectivity index (χ1) is 12.6. The van der Waals surface area contributed by atoms with Crippen LogP contribution in [-0.4, -0.2) is 18.5 Å². The monoisotopic (exact) mass is 351 g/mol. The fourth-order valence-corrected chi connectivity index (χ4v) is 3.31. The number of amides is 3. The van der Waals surface area contributed by atoms with Gasteiger partial charge in [0.05, 0.1) is 17.4 Å². The van der Waals surface area contributed by atoms with Crippen molar-refractivity contribution in [1.29, 1.82) is 0 Å². The quantitative estimate of drug-likeness (QED) is 0.842. The summed E-state index contributed by atoms with van der Waals surface area (Å²) < 4.78 is 0. The SMILES string of the molecule is CC(C)[C@@H](NC(=O)Nc1ccccc1N1CCCC1=O)c1ccccc1. The van der Waals surface area contributed by atoms with Crippen molar-refractivity contribution >= 4 is 23.3 Å². The van der Waals surface area contributed by atoms with Crippen molar-refractivity contribution in [1.82, 2.24) is 5.32 Å². The minimum absolute atomic E-state index is 0.0863. The van der Waals surface area contributed by atoms with E-state index in [4.69, 9.17) is 0 Å². The fourth-order valence-electron chi connectivity index (χ4n) is 3.31. The number of rotatable bonds is 5. The van der Waals surface area contributed by atoms with Crippen LogP contribution in [0, 0.1) is 5.92 Å². The summed E-state index contributed by atoms with van der Waals surface area (Å²) in [6.45, 7) is 4.85. The number of benzene rings is 2. The molecule has 0 unspecified atom stereocenters. The van der Waals surface area contributed by atoms with E-state index in [9.17, 15) is 9.59 Å². The summed E-state index contributed by atoms with van der Waals surface area (Å²) in [5.41, 5.74) is 2.47. The van der Waals surface area contributed by atoms with Gasteiger partial charge in [-0.25, -0.2) is 4.79 Å². The highest BCUT2D eigenvalue weighted by atomic mass is 16.2. The molecule has 2 aromatic rings. The Kier molecular flexibility index (Phi) is 5.56. The van der Waals surface area contributed by atoms with Gasteiger partial charge in [-0.3, -0.25) is 4.79 Å². The van der Waals surface area contributed by atoms with Crippen molar-refractivity contribution < 1.29 is 9.59 Å². The van der Waals surface area contributed by atoms with E-state index in [0.29, 0.717) is 18.7 Å². The molecule has 0 aromatic heterocycles. The van der Waals surface area contributed by atoms with Crippen LogP contribution in [0.3, 0.4) is 0 Å². The molecule has 5 nitrogen and oxygen atoms in total.